The van der Waals surface area contributed by atoms with Crippen molar-refractivity contribution >= 4 is 11.9 Å². The van der Waals surface area contributed by atoms with E-state index in [0.29, 0.717) is 18.4 Å². The Kier molecular flexibility index (Phi) is 18.2. The minimum Gasteiger partial charge on any atom is -0.466 e. The quantitative estimate of drug-likeness (QED) is 0.174. The van der Waals surface area contributed by atoms with Gasteiger partial charge in [-0.05, 0) is 31.1 Å². The van der Waals surface area contributed by atoms with Gasteiger partial charge in [0.2, 0.25) is 5.91 Å². The van der Waals surface area contributed by atoms with Crippen LogP contribution in [0.2, 0.25) is 0 Å². The zero-order chi connectivity index (χ0) is 21.9. The average molecular weight is 412 g/mol. The lowest BCUT2D eigenvalue weighted by Crippen LogP contribution is -2.39. The van der Waals surface area contributed by atoms with Gasteiger partial charge in [0.25, 0.3) is 0 Å². The molecule has 0 aromatic rings. The molecule has 0 radical (unpaired) electrons. The highest BCUT2D eigenvalue weighted by molar-refractivity contribution is 5.81. The first-order valence-corrected chi connectivity index (χ1v) is 12.4. The van der Waals surface area contributed by atoms with E-state index in [1.54, 1.807) is 0 Å². The molecule has 172 valence electrons. The predicted molar refractivity (Wildman–Crippen MR) is 123 cm³/mol. The lowest BCUT2D eigenvalue weighted by Gasteiger charge is -2.31. The van der Waals surface area contributed by atoms with Crippen molar-refractivity contribution in [1.29, 1.82) is 0 Å². The van der Waals surface area contributed by atoms with Gasteiger partial charge in [0.1, 0.15) is 0 Å². The highest BCUT2D eigenvalue weighted by atomic mass is 16.5. The molecule has 0 aliphatic carbocycles. The monoisotopic (exact) mass is 411 g/mol. The van der Waals surface area contributed by atoms with Crippen LogP contribution >= 0.6 is 0 Å². The maximum Gasteiger partial charge on any atom is 0.306 e. The van der Waals surface area contributed by atoms with E-state index in [2.05, 4.69) is 39.5 Å². The van der Waals surface area contributed by atoms with Crippen LogP contribution in [0.1, 0.15) is 118 Å². The van der Waals surface area contributed by atoms with Gasteiger partial charge in [-0.25, -0.2) is 0 Å². The van der Waals surface area contributed by atoms with Crippen LogP contribution in [0.4, 0.5) is 0 Å². The standard InChI is InChI=1S/C25H49NO3/c1-6-11-14-19-29-25(28)18-17-24(27)26(20-22(9-4)15-12-7-2)21-23(10-5)16-13-8-3/h22-23H,6-21H2,1-5H3. The third-order valence-corrected chi connectivity index (χ3v) is 5.95. The molecule has 0 bridgehead atoms. The molecule has 0 fully saturated rings. The van der Waals surface area contributed by atoms with Crippen LogP contribution in [0.3, 0.4) is 0 Å². The number of amides is 1. The molecule has 4 heteroatoms. The van der Waals surface area contributed by atoms with E-state index in [0.717, 1.165) is 45.2 Å². The van der Waals surface area contributed by atoms with Crippen LogP contribution in [0.15, 0.2) is 0 Å². The third kappa shape index (κ3) is 14.5. The number of hydrogen-bond acceptors (Lipinski definition) is 3. The number of nitrogens with zero attached hydrogens (tertiary/aromatic N) is 1. The van der Waals surface area contributed by atoms with Crippen molar-refractivity contribution < 1.29 is 14.3 Å². The smallest absolute Gasteiger partial charge is 0.306 e. The molecule has 2 unspecified atom stereocenters. The molecule has 29 heavy (non-hydrogen) atoms. The zero-order valence-corrected chi connectivity index (χ0v) is 20.1. The van der Waals surface area contributed by atoms with Gasteiger partial charge in [-0.15, -0.1) is 0 Å². The molecule has 0 saturated heterocycles. The Hall–Kier alpha value is -1.06. The van der Waals surface area contributed by atoms with Crippen molar-refractivity contribution in [2.75, 3.05) is 19.7 Å². The molecular weight excluding hydrogens is 362 g/mol. The summed E-state index contributed by atoms with van der Waals surface area (Å²) in [7, 11) is 0. The van der Waals surface area contributed by atoms with Crippen molar-refractivity contribution in [3.05, 3.63) is 0 Å². The van der Waals surface area contributed by atoms with Gasteiger partial charge < -0.3 is 9.64 Å². The molecule has 0 heterocycles. The number of carbonyl (C=O) groups is 2. The minimum atomic E-state index is -0.231. The van der Waals surface area contributed by atoms with E-state index in [4.69, 9.17) is 4.74 Å². The Labute approximate surface area is 181 Å². The maximum atomic E-state index is 13.0. The van der Waals surface area contributed by atoms with Gasteiger partial charge in [-0.1, -0.05) is 86.0 Å². The molecular formula is C25H49NO3. The van der Waals surface area contributed by atoms with Gasteiger partial charge in [0.15, 0.2) is 0 Å². The van der Waals surface area contributed by atoms with Crippen LogP contribution in [-0.2, 0) is 14.3 Å². The second kappa shape index (κ2) is 18.9. The summed E-state index contributed by atoms with van der Waals surface area (Å²) in [6.07, 6.45) is 13.0. The largest absolute Gasteiger partial charge is 0.466 e. The van der Waals surface area contributed by atoms with E-state index in [-0.39, 0.29) is 24.7 Å². The molecule has 2 atom stereocenters. The summed E-state index contributed by atoms with van der Waals surface area (Å²) in [5, 5.41) is 0. The summed E-state index contributed by atoms with van der Waals surface area (Å²) in [4.78, 5) is 27.0. The van der Waals surface area contributed by atoms with Crippen LogP contribution in [-0.4, -0.2) is 36.5 Å². The van der Waals surface area contributed by atoms with Crippen LogP contribution in [0.5, 0.6) is 0 Å². The van der Waals surface area contributed by atoms with Crippen molar-refractivity contribution in [2.24, 2.45) is 11.8 Å². The molecule has 0 aromatic heterocycles. The number of ether oxygens (including phenoxy) is 1. The van der Waals surface area contributed by atoms with Crippen LogP contribution in [0, 0.1) is 11.8 Å². The van der Waals surface area contributed by atoms with Crippen LogP contribution < -0.4 is 0 Å². The lowest BCUT2D eigenvalue weighted by molar-refractivity contribution is -0.146. The topological polar surface area (TPSA) is 46.6 Å². The molecule has 0 rings (SSSR count). The fraction of sp³-hybridized carbons (Fsp3) is 0.920. The second-order valence-corrected chi connectivity index (χ2v) is 8.56. The Balaban J connectivity index is 4.77. The number of carbonyl (C=O) groups excluding carboxylic acids is 2. The highest BCUT2D eigenvalue weighted by Crippen LogP contribution is 2.20. The average Bonchev–Trinajstić information content (AvgIpc) is 2.73. The van der Waals surface area contributed by atoms with Crippen molar-refractivity contribution in [1.82, 2.24) is 4.90 Å². The molecule has 0 saturated carbocycles. The van der Waals surface area contributed by atoms with E-state index in [1.807, 2.05) is 0 Å². The highest BCUT2D eigenvalue weighted by Gasteiger charge is 2.22. The van der Waals surface area contributed by atoms with Gasteiger partial charge in [0, 0.05) is 19.5 Å². The fourth-order valence-corrected chi connectivity index (χ4v) is 3.71. The summed E-state index contributed by atoms with van der Waals surface area (Å²) in [6.45, 7) is 13.2. The predicted octanol–water partition coefficient (Wildman–Crippen LogP) is 6.76. The Bertz CT molecular complexity index is 393. The van der Waals surface area contributed by atoms with Gasteiger partial charge in [0.05, 0.1) is 13.0 Å². The molecule has 1 amide bonds. The summed E-state index contributed by atoms with van der Waals surface area (Å²) in [6, 6.07) is 0. The Morgan fingerprint density at radius 1 is 0.724 bits per heavy atom. The molecule has 4 nitrogen and oxygen atoms in total. The molecule has 0 N–H and O–H groups in total. The van der Waals surface area contributed by atoms with Gasteiger partial charge in [-0.3, -0.25) is 9.59 Å². The third-order valence-electron chi connectivity index (χ3n) is 5.95. The van der Waals surface area contributed by atoms with E-state index in [1.165, 1.54) is 38.5 Å². The van der Waals surface area contributed by atoms with Gasteiger partial charge >= 0.3 is 5.97 Å². The van der Waals surface area contributed by atoms with E-state index < -0.39 is 0 Å². The summed E-state index contributed by atoms with van der Waals surface area (Å²) in [5.41, 5.74) is 0. The van der Waals surface area contributed by atoms with E-state index >= 15 is 0 Å². The van der Waals surface area contributed by atoms with Crippen molar-refractivity contribution in [2.45, 2.75) is 118 Å². The van der Waals surface area contributed by atoms with Crippen molar-refractivity contribution in [3.63, 3.8) is 0 Å². The fourth-order valence-electron chi connectivity index (χ4n) is 3.71. The summed E-state index contributed by atoms with van der Waals surface area (Å²) >= 11 is 0. The Morgan fingerprint density at radius 3 is 1.69 bits per heavy atom. The summed E-state index contributed by atoms with van der Waals surface area (Å²) in [5.74, 6) is 1.01. The molecule has 0 aliphatic rings. The molecule has 0 aromatic carbocycles. The van der Waals surface area contributed by atoms with Crippen LogP contribution in [0.25, 0.3) is 0 Å². The summed E-state index contributed by atoms with van der Waals surface area (Å²) < 4.78 is 5.28. The SMILES string of the molecule is CCCCCOC(=O)CCC(=O)N(CC(CC)CCCC)CC(CC)CCCC. The minimum absolute atomic E-state index is 0.125. The van der Waals surface area contributed by atoms with Crippen molar-refractivity contribution in [3.8, 4) is 0 Å². The number of rotatable bonds is 19. The second-order valence-electron chi connectivity index (χ2n) is 8.56. The number of unbranched alkanes of at least 4 members (excludes halogenated alkanes) is 4. The number of esters is 1. The first-order chi connectivity index (χ1) is 14.0. The number of hydrogen-bond donors (Lipinski definition) is 0. The van der Waals surface area contributed by atoms with Gasteiger partial charge in [-0.2, -0.15) is 0 Å². The van der Waals surface area contributed by atoms with E-state index in [9.17, 15) is 9.59 Å². The zero-order valence-electron chi connectivity index (χ0n) is 20.1. The Morgan fingerprint density at radius 2 is 1.24 bits per heavy atom. The normalized spacial score (nSPS) is 13.1. The molecule has 0 aliphatic heterocycles. The lowest BCUT2D eigenvalue weighted by atomic mass is 9.95. The maximum absolute atomic E-state index is 13.0. The molecule has 0 spiro atoms. The first kappa shape index (κ1) is 27.9. The first-order valence-electron chi connectivity index (χ1n) is 12.4.